The van der Waals surface area contributed by atoms with E-state index in [2.05, 4.69) is 37.4 Å². The molecule has 1 unspecified atom stereocenters. The minimum Gasteiger partial charge on any atom is -0.382 e. The van der Waals surface area contributed by atoms with Crippen LogP contribution in [0.1, 0.15) is 26.3 Å². The van der Waals surface area contributed by atoms with Gasteiger partial charge in [-0.25, -0.2) is 0 Å². The first-order chi connectivity index (χ1) is 8.15. The molecule has 0 bridgehead atoms. The molecule has 0 saturated carbocycles. The third-order valence-corrected chi connectivity index (χ3v) is 6.11. The molecule has 3 heterocycles. The fourth-order valence-electron chi connectivity index (χ4n) is 1.98. The van der Waals surface area contributed by atoms with Gasteiger partial charge in [0.05, 0.1) is 0 Å². The average molecular weight is 280 g/mol. The number of aryl methyl sites for hydroxylation is 2. The van der Waals surface area contributed by atoms with E-state index in [0.717, 1.165) is 9.75 Å². The van der Waals surface area contributed by atoms with Crippen molar-refractivity contribution in [2.45, 2.75) is 20.0 Å². The number of fused-ring (bicyclic) bond motifs is 1. The quantitative estimate of drug-likeness (QED) is 0.720. The van der Waals surface area contributed by atoms with Gasteiger partial charge >= 0.3 is 0 Å². The Morgan fingerprint density at radius 3 is 2.59 bits per heavy atom. The highest BCUT2D eigenvalue weighted by atomic mass is 32.1. The van der Waals surface area contributed by atoms with E-state index in [1.54, 1.807) is 34.0 Å². The minimum atomic E-state index is -0.460. The first-order valence-electron chi connectivity index (χ1n) is 5.37. The fraction of sp³-hybridized carbons (Fsp3) is 0.231. The van der Waals surface area contributed by atoms with Gasteiger partial charge in [-0.05, 0) is 43.0 Å². The standard InChI is InChI=1S/C13H12OS3/c1-7-5-8(2)16-13(7)12(14)11-6-10-9(17-11)3-4-15-10/h3-6,12,14H,1-2H3. The van der Waals surface area contributed by atoms with Crippen LogP contribution in [-0.4, -0.2) is 5.11 Å². The van der Waals surface area contributed by atoms with Crippen LogP contribution in [0.4, 0.5) is 0 Å². The van der Waals surface area contributed by atoms with Gasteiger partial charge in [-0.3, -0.25) is 0 Å². The Balaban J connectivity index is 2.04. The molecule has 0 aromatic carbocycles. The molecule has 4 heteroatoms. The lowest BCUT2D eigenvalue weighted by atomic mass is 10.2. The highest BCUT2D eigenvalue weighted by Gasteiger charge is 2.18. The number of aliphatic hydroxyl groups is 1. The molecule has 0 aliphatic heterocycles. The van der Waals surface area contributed by atoms with Crippen molar-refractivity contribution >= 4 is 43.4 Å². The predicted molar refractivity (Wildman–Crippen MR) is 77.6 cm³/mol. The molecule has 0 radical (unpaired) electrons. The molecule has 3 aromatic rings. The maximum absolute atomic E-state index is 10.4. The lowest BCUT2D eigenvalue weighted by Crippen LogP contribution is -1.95. The van der Waals surface area contributed by atoms with Crippen molar-refractivity contribution in [1.82, 2.24) is 0 Å². The highest BCUT2D eigenvalue weighted by Crippen LogP contribution is 2.38. The first-order valence-corrected chi connectivity index (χ1v) is 7.88. The SMILES string of the molecule is Cc1cc(C)c(C(O)c2cc3sccc3s2)s1. The summed E-state index contributed by atoms with van der Waals surface area (Å²) in [5.41, 5.74) is 1.19. The van der Waals surface area contributed by atoms with Gasteiger partial charge in [0.15, 0.2) is 0 Å². The minimum absolute atomic E-state index is 0.460. The Hall–Kier alpha value is -0.680. The summed E-state index contributed by atoms with van der Waals surface area (Å²) in [6, 6.07) is 6.37. The summed E-state index contributed by atoms with van der Waals surface area (Å²) in [5.74, 6) is 0. The van der Waals surface area contributed by atoms with Crippen LogP contribution >= 0.6 is 34.0 Å². The van der Waals surface area contributed by atoms with E-state index >= 15 is 0 Å². The largest absolute Gasteiger partial charge is 0.382 e. The molecular formula is C13H12OS3. The van der Waals surface area contributed by atoms with Crippen LogP contribution in [0.2, 0.25) is 0 Å². The van der Waals surface area contributed by atoms with Crippen LogP contribution in [0.5, 0.6) is 0 Å². The zero-order chi connectivity index (χ0) is 12.0. The van der Waals surface area contributed by atoms with Crippen molar-refractivity contribution in [2.24, 2.45) is 0 Å². The van der Waals surface area contributed by atoms with Gasteiger partial charge in [-0.15, -0.1) is 34.0 Å². The van der Waals surface area contributed by atoms with Crippen LogP contribution in [0.25, 0.3) is 9.40 Å². The van der Waals surface area contributed by atoms with Gasteiger partial charge in [0, 0.05) is 24.0 Å². The Morgan fingerprint density at radius 2 is 1.94 bits per heavy atom. The number of thiophene rings is 3. The van der Waals surface area contributed by atoms with Crippen LogP contribution in [0, 0.1) is 13.8 Å². The second kappa shape index (κ2) is 4.21. The third-order valence-electron chi connectivity index (χ3n) is 2.76. The molecule has 1 nitrogen and oxygen atoms in total. The fourth-order valence-corrected chi connectivity index (χ4v) is 5.21. The van der Waals surface area contributed by atoms with E-state index in [1.165, 1.54) is 19.8 Å². The maximum atomic E-state index is 10.4. The van der Waals surface area contributed by atoms with Crippen molar-refractivity contribution < 1.29 is 5.11 Å². The van der Waals surface area contributed by atoms with Gasteiger partial charge in [0.1, 0.15) is 6.10 Å². The average Bonchev–Trinajstić information content (AvgIpc) is 2.90. The van der Waals surface area contributed by atoms with Crippen molar-refractivity contribution in [3.05, 3.63) is 43.8 Å². The molecule has 0 amide bonds. The molecule has 0 aliphatic carbocycles. The molecule has 0 fully saturated rings. The van der Waals surface area contributed by atoms with E-state index in [1.807, 2.05) is 0 Å². The van der Waals surface area contributed by atoms with Gasteiger partial charge in [-0.1, -0.05) is 0 Å². The summed E-state index contributed by atoms with van der Waals surface area (Å²) >= 11 is 5.11. The summed E-state index contributed by atoms with van der Waals surface area (Å²) in [4.78, 5) is 3.39. The number of aliphatic hydroxyl groups excluding tert-OH is 1. The molecule has 1 atom stereocenters. The van der Waals surface area contributed by atoms with Crippen LogP contribution in [0.15, 0.2) is 23.6 Å². The summed E-state index contributed by atoms with van der Waals surface area (Å²) < 4.78 is 2.55. The summed E-state index contributed by atoms with van der Waals surface area (Å²) in [6.07, 6.45) is -0.460. The molecule has 3 aromatic heterocycles. The molecule has 0 saturated heterocycles. The zero-order valence-electron chi connectivity index (χ0n) is 9.56. The van der Waals surface area contributed by atoms with Crippen LogP contribution < -0.4 is 0 Å². The Labute approximate surface area is 112 Å². The van der Waals surface area contributed by atoms with E-state index in [-0.39, 0.29) is 0 Å². The van der Waals surface area contributed by atoms with Crippen molar-refractivity contribution in [3.63, 3.8) is 0 Å². The predicted octanol–water partition coefficient (Wildman–Crippen LogP) is 4.72. The van der Waals surface area contributed by atoms with Gasteiger partial charge < -0.3 is 5.11 Å². The van der Waals surface area contributed by atoms with E-state index in [4.69, 9.17) is 0 Å². The monoisotopic (exact) mass is 280 g/mol. The van der Waals surface area contributed by atoms with E-state index in [9.17, 15) is 5.11 Å². The smallest absolute Gasteiger partial charge is 0.123 e. The first kappa shape index (κ1) is 11.4. The molecule has 0 aliphatic rings. The molecule has 88 valence electrons. The third kappa shape index (κ3) is 1.95. The van der Waals surface area contributed by atoms with Crippen LogP contribution in [0.3, 0.4) is 0 Å². The van der Waals surface area contributed by atoms with Crippen molar-refractivity contribution in [3.8, 4) is 0 Å². The molecule has 1 N–H and O–H groups in total. The van der Waals surface area contributed by atoms with Gasteiger partial charge in [-0.2, -0.15) is 0 Å². The Morgan fingerprint density at radius 1 is 1.12 bits per heavy atom. The van der Waals surface area contributed by atoms with Gasteiger partial charge in [0.25, 0.3) is 0 Å². The van der Waals surface area contributed by atoms with Crippen molar-refractivity contribution in [2.75, 3.05) is 0 Å². The summed E-state index contributed by atoms with van der Waals surface area (Å²) in [7, 11) is 0. The summed E-state index contributed by atoms with van der Waals surface area (Å²) in [5, 5.41) is 12.5. The summed E-state index contributed by atoms with van der Waals surface area (Å²) in [6.45, 7) is 4.15. The van der Waals surface area contributed by atoms with Crippen LogP contribution in [-0.2, 0) is 0 Å². The second-order valence-corrected chi connectivity index (χ2v) is 7.46. The number of hydrogen-bond acceptors (Lipinski definition) is 4. The Bertz CT molecular complexity index is 631. The normalized spacial score (nSPS) is 13.4. The number of hydrogen-bond donors (Lipinski definition) is 1. The topological polar surface area (TPSA) is 20.2 Å². The van der Waals surface area contributed by atoms with E-state index < -0.39 is 6.10 Å². The van der Waals surface area contributed by atoms with Gasteiger partial charge in [0.2, 0.25) is 0 Å². The molecule has 0 spiro atoms. The Kier molecular flexibility index (Phi) is 2.83. The lowest BCUT2D eigenvalue weighted by Gasteiger charge is -2.06. The lowest BCUT2D eigenvalue weighted by molar-refractivity contribution is 0.227. The molecular weight excluding hydrogens is 268 g/mol. The second-order valence-electron chi connectivity index (χ2n) is 4.10. The maximum Gasteiger partial charge on any atom is 0.123 e. The molecule has 17 heavy (non-hydrogen) atoms. The number of rotatable bonds is 2. The highest BCUT2D eigenvalue weighted by molar-refractivity contribution is 7.27. The zero-order valence-corrected chi connectivity index (χ0v) is 12.0. The molecule has 3 rings (SSSR count). The van der Waals surface area contributed by atoms with E-state index in [0.29, 0.717) is 0 Å². The van der Waals surface area contributed by atoms with Crippen molar-refractivity contribution in [1.29, 1.82) is 0 Å².